The third-order valence-electron chi connectivity index (χ3n) is 5.36. The molecule has 0 amide bonds. The Kier molecular flexibility index (Phi) is 4.42. The van der Waals surface area contributed by atoms with Crippen LogP contribution in [0.4, 0.5) is 0 Å². The fourth-order valence-electron chi connectivity index (χ4n) is 4.29. The minimum atomic E-state index is 0.167. The van der Waals surface area contributed by atoms with Crippen molar-refractivity contribution in [3.63, 3.8) is 0 Å². The zero-order chi connectivity index (χ0) is 13.1. The van der Waals surface area contributed by atoms with Gasteiger partial charge in [-0.2, -0.15) is 0 Å². The SMILES string of the molecule is NCC1(N2CCOC3CCCCC32)CCCOCC1. The van der Waals surface area contributed by atoms with Crippen LogP contribution >= 0.6 is 0 Å². The molecule has 0 aromatic heterocycles. The second-order valence-electron chi connectivity index (χ2n) is 6.35. The van der Waals surface area contributed by atoms with Gasteiger partial charge < -0.3 is 15.2 Å². The molecule has 1 saturated carbocycles. The van der Waals surface area contributed by atoms with E-state index in [1.165, 1.54) is 32.1 Å². The van der Waals surface area contributed by atoms with E-state index in [4.69, 9.17) is 15.2 Å². The van der Waals surface area contributed by atoms with E-state index in [0.29, 0.717) is 12.1 Å². The first kappa shape index (κ1) is 13.8. The molecule has 0 aromatic carbocycles. The molecule has 3 fully saturated rings. The van der Waals surface area contributed by atoms with E-state index < -0.39 is 0 Å². The van der Waals surface area contributed by atoms with Crippen LogP contribution in [-0.4, -0.2) is 55.5 Å². The Morgan fingerprint density at radius 2 is 1.95 bits per heavy atom. The number of rotatable bonds is 2. The van der Waals surface area contributed by atoms with Crippen molar-refractivity contribution in [1.29, 1.82) is 0 Å². The third-order valence-corrected chi connectivity index (χ3v) is 5.36. The molecule has 0 radical (unpaired) electrons. The van der Waals surface area contributed by atoms with Crippen molar-refractivity contribution in [3.05, 3.63) is 0 Å². The highest BCUT2D eigenvalue weighted by Crippen LogP contribution is 2.37. The summed E-state index contributed by atoms with van der Waals surface area (Å²) in [6.45, 7) is 4.47. The van der Waals surface area contributed by atoms with E-state index in [2.05, 4.69) is 4.90 Å². The summed E-state index contributed by atoms with van der Waals surface area (Å²) in [6, 6.07) is 0.601. The standard InChI is InChI=1S/C15H28N2O2/c16-12-15(6-3-9-18-10-7-15)17-8-11-19-14-5-2-1-4-13(14)17/h13-14H,1-12,16H2. The number of morpholine rings is 1. The number of ether oxygens (including phenoxy) is 2. The first-order chi connectivity index (χ1) is 9.36. The summed E-state index contributed by atoms with van der Waals surface area (Å²) in [4.78, 5) is 2.72. The maximum Gasteiger partial charge on any atom is 0.0731 e. The van der Waals surface area contributed by atoms with Crippen molar-refractivity contribution < 1.29 is 9.47 Å². The van der Waals surface area contributed by atoms with Crippen LogP contribution in [0.15, 0.2) is 0 Å². The van der Waals surface area contributed by atoms with E-state index in [1.54, 1.807) is 0 Å². The van der Waals surface area contributed by atoms with Crippen LogP contribution in [0.3, 0.4) is 0 Å². The van der Waals surface area contributed by atoms with E-state index in [1.807, 2.05) is 0 Å². The molecule has 4 heteroatoms. The maximum absolute atomic E-state index is 6.22. The van der Waals surface area contributed by atoms with Crippen LogP contribution in [0.25, 0.3) is 0 Å². The van der Waals surface area contributed by atoms with Gasteiger partial charge in [0, 0.05) is 37.9 Å². The molecule has 110 valence electrons. The fraction of sp³-hybridized carbons (Fsp3) is 1.00. The number of nitrogens with zero attached hydrogens (tertiary/aromatic N) is 1. The fourth-order valence-corrected chi connectivity index (χ4v) is 4.29. The van der Waals surface area contributed by atoms with Gasteiger partial charge in [0.05, 0.1) is 12.7 Å². The molecule has 2 aliphatic heterocycles. The van der Waals surface area contributed by atoms with Crippen LogP contribution in [0, 0.1) is 0 Å². The van der Waals surface area contributed by atoms with E-state index in [-0.39, 0.29) is 5.54 Å². The molecule has 3 aliphatic rings. The van der Waals surface area contributed by atoms with Gasteiger partial charge in [0.25, 0.3) is 0 Å². The Morgan fingerprint density at radius 3 is 2.84 bits per heavy atom. The minimum Gasteiger partial charge on any atom is -0.381 e. The van der Waals surface area contributed by atoms with Crippen LogP contribution in [0.2, 0.25) is 0 Å². The molecule has 2 N–H and O–H groups in total. The molecular weight excluding hydrogens is 240 g/mol. The van der Waals surface area contributed by atoms with E-state index in [0.717, 1.165) is 45.8 Å². The molecule has 0 bridgehead atoms. The third kappa shape index (κ3) is 2.68. The lowest BCUT2D eigenvalue weighted by atomic mass is 9.82. The second kappa shape index (κ2) is 6.08. The molecule has 3 rings (SSSR count). The molecule has 3 atom stereocenters. The summed E-state index contributed by atoms with van der Waals surface area (Å²) < 4.78 is 11.7. The molecular formula is C15H28N2O2. The summed E-state index contributed by atoms with van der Waals surface area (Å²) in [5.41, 5.74) is 6.39. The summed E-state index contributed by atoms with van der Waals surface area (Å²) in [5, 5.41) is 0. The lowest BCUT2D eigenvalue weighted by Gasteiger charge is -2.53. The number of hydrogen-bond acceptors (Lipinski definition) is 4. The van der Waals surface area contributed by atoms with Gasteiger partial charge in [-0.15, -0.1) is 0 Å². The van der Waals surface area contributed by atoms with Gasteiger partial charge in [0.1, 0.15) is 0 Å². The van der Waals surface area contributed by atoms with Gasteiger partial charge in [-0.1, -0.05) is 12.8 Å². The average molecular weight is 268 g/mol. The molecule has 3 unspecified atom stereocenters. The highest BCUT2D eigenvalue weighted by atomic mass is 16.5. The van der Waals surface area contributed by atoms with Gasteiger partial charge in [-0.05, 0) is 32.1 Å². The van der Waals surface area contributed by atoms with Gasteiger partial charge in [0.15, 0.2) is 0 Å². The molecule has 2 heterocycles. The monoisotopic (exact) mass is 268 g/mol. The van der Waals surface area contributed by atoms with Crippen LogP contribution in [0.5, 0.6) is 0 Å². The van der Waals surface area contributed by atoms with Crippen molar-refractivity contribution in [3.8, 4) is 0 Å². The Hall–Kier alpha value is -0.160. The predicted molar refractivity (Wildman–Crippen MR) is 75.2 cm³/mol. The molecule has 0 spiro atoms. The highest BCUT2D eigenvalue weighted by molar-refractivity contribution is 5.00. The highest BCUT2D eigenvalue weighted by Gasteiger charge is 2.45. The largest absolute Gasteiger partial charge is 0.381 e. The van der Waals surface area contributed by atoms with Gasteiger partial charge >= 0.3 is 0 Å². The second-order valence-corrected chi connectivity index (χ2v) is 6.35. The number of nitrogens with two attached hydrogens (primary N) is 1. The Labute approximate surface area is 116 Å². The average Bonchev–Trinajstić information content (AvgIpc) is 2.73. The first-order valence-electron chi connectivity index (χ1n) is 8.02. The molecule has 19 heavy (non-hydrogen) atoms. The van der Waals surface area contributed by atoms with E-state index in [9.17, 15) is 0 Å². The summed E-state index contributed by atoms with van der Waals surface area (Å²) >= 11 is 0. The molecule has 0 aromatic rings. The Balaban J connectivity index is 1.79. The topological polar surface area (TPSA) is 47.7 Å². The van der Waals surface area contributed by atoms with Crippen molar-refractivity contribution in [2.75, 3.05) is 32.9 Å². The van der Waals surface area contributed by atoms with Crippen molar-refractivity contribution in [2.45, 2.75) is 62.6 Å². The minimum absolute atomic E-state index is 0.167. The van der Waals surface area contributed by atoms with Crippen molar-refractivity contribution in [2.24, 2.45) is 5.73 Å². The normalized spacial score (nSPS) is 41.5. The molecule has 4 nitrogen and oxygen atoms in total. The van der Waals surface area contributed by atoms with E-state index >= 15 is 0 Å². The zero-order valence-electron chi connectivity index (χ0n) is 12.0. The summed E-state index contributed by atoms with van der Waals surface area (Å²) in [5.74, 6) is 0. The quantitative estimate of drug-likeness (QED) is 0.825. The summed E-state index contributed by atoms with van der Waals surface area (Å²) in [7, 11) is 0. The smallest absolute Gasteiger partial charge is 0.0731 e. The predicted octanol–water partition coefficient (Wildman–Crippen LogP) is 1.53. The van der Waals surface area contributed by atoms with Crippen LogP contribution < -0.4 is 5.73 Å². The Morgan fingerprint density at radius 1 is 1.05 bits per heavy atom. The first-order valence-corrected chi connectivity index (χ1v) is 8.02. The van der Waals surface area contributed by atoms with Gasteiger partial charge in [-0.3, -0.25) is 4.90 Å². The van der Waals surface area contributed by atoms with Crippen molar-refractivity contribution in [1.82, 2.24) is 4.90 Å². The molecule has 1 aliphatic carbocycles. The number of hydrogen-bond donors (Lipinski definition) is 1. The van der Waals surface area contributed by atoms with Gasteiger partial charge in [0.2, 0.25) is 0 Å². The molecule has 2 saturated heterocycles. The summed E-state index contributed by atoms with van der Waals surface area (Å²) in [6.07, 6.45) is 9.07. The van der Waals surface area contributed by atoms with Crippen molar-refractivity contribution >= 4 is 0 Å². The van der Waals surface area contributed by atoms with Crippen LogP contribution in [0.1, 0.15) is 44.9 Å². The van der Waals surface area contributed by atoms with Crippen LogP contribution in [-0.2, 0) is 9.47 Å². The lowest BCUT2D eigenvalue weighted by molar-refractivity contribution is -0.128. The number of fused-ring (bicyclic) bond motifs is 1. The Bertz CT molecular complexity index is 288. The zero-order valence-corrected chi connectivity index (χ0v) is 12.0. The maximum atomic E-state index is 6.22. The lowest BCUT2D eigenvalue weighted by Crippen LogP contribution is -2.64. The van der Waals surface area contributed by atoms with Gasteiger partial charge in [-0.25, -0.2) is 0 Å².